The number of hydrogen-bond acceptors (Lipinski definition) is 5. The molecule has 1 amide bonds. The minimum absolute atomic E-state index is 0.186. The van der Waals surface area contributed by atoms with Crippen LogP contribution in [-0.2, 0) is 11.2 Å². The highest BCUT2D eigenvalue weighted by Crippen LogP contribution is 2.30. The number of hydrogen-bond donors (Lipinski definition) is 1. The second-order valence-electron chi connectivity index (χ2n) is 4.61. The number of carbonyl (C=O) groups excluding carboxylic acids is 2. The third-order valence-electron chi connectivity index (χ3n) is 3.21. The first kappa shape index (κ1) is 15.7. The summed E-state index contributed by atoms with van der Waals surface area (Å²) in [4.78, 5) is 26.3. The smallest absolute Gasteiger partial charge is 0.350 e. The molecule has 112 valence electrons. The minimum atomic E-state index is -0.431. The summed E-state index contributed by atoms with van der Waals surface area (Å²) >= 11 is 2.74. The van der Waals surface area contributed by atoms with Crippen LogP contribution in [0, 0.1) is 13.8 Å². The SMILES string of the molecule is CCc1cc(C(=O)Nc2c(C)csc2C(=O)OC)sc1C. The predicted molar refractivity (Wildman–Crippen MR) is 86.8 cm³/mol. The molecule has 0 spiro atoms. The number of thiophene rings is 2. The van der Waals surface area contributed by atoms with Crippen molar-refractivity contribution in [3.8, 4) is 0 Å². The maximum atomic E-state index is 12.4. The Bertz CT molecular complexity index is 685. The highest BCUT2D eigenvalue weighted by atomic mass is 32.1. The van der Waals surface area contributed by atoms with Gasteiger partial charge in [-0.15, -0.1) is 22.7 Å². The van der Waals surface area contributed by atoms with Gasteiger partial charge in [-0.1, -0.05) is 6.92 Å². The summed E-state index contributed by atoms with van der Waals surface area (Å²) in [6.45, 7) is 5.93. The van der Waals surface area contributed by atoms with E-state index >= 15 is 0 Å². The molecule has 21 heavy (non-hydrogen) atoms. The lowest BCUT2D eigenvalue weighted by molar-refractivity contribution is 0.0607. The fourth-order valence-electron chi connectivity index (χ4n) is 2.00. The molecule has 0 aliphatic rings. The Balaban J connectivity index is 2.27. The fourth-order valence-corrected chi connectivity index (χ4v) is 3.93. The Labute approximate surface area is 131 Å². The van der Waals surface area contributed by atoms with Crippen LogP contribution < -0.4 is 5.32 Å². The molecule has 2 rings (SSSR count). The molecule has 0 radical (unpaired) electrons. The number of nitrogens with one attached hydrogen (secondary N) is 1. The summed E-state index contributed by atoms with van der Waals surface area (Å²) in [6.07, 6.45) is 0.903. The summed E-state index contributed by atoms with van der Waals surface area (Å²) in [5.74, 6) is -0.616. The number of carbonyl (C=O) groups is 2. The fraction of sp³-hybridized carbons (Fsp3) is 0.333. The van der Waals surface area contributed by atoms with Crippen molar-refractivity contribution in [1.29, 1.82) is 0 Å². The maximum absolute atomic E-state index is 12.4. The van der Waals surface area contributed by atoms with Gasteiger partial charge in [0.25, 0.3) is 5.91 Å². The van der Waals surface area contributed by atoms with Crippen LogP contribution in [0.3, 0.4) is 0 Å². The van der Waals surface area contributed by atoms with E-state index in [1.165, 1.54) is 35.3 Å². The minimum Gasteiger partial charge on any atom is -0.465 e. The van der Waals surface area contributed by atoms with Crippen LogP contribution in [0.2, 0.25) is 0 Å². The van der Waals surface area contributed by atoms with Gasteiger partial charge in [-0.05, 0) is 42.8 Å². The van der Waals surface area contributed by atoms with Crippen molar-refractivity contribution < 1.29 is 14.3 Å². The zero-order valence-corrected chi connectivity index (χ0v) is 14.0. The number of esters is 1. The molecule has 0 atom stereocenters. The molecule has 0 aromatic carbocycles. The molecule has 2 aromatic rings. The quantitative estimate of drug-likeness (QED) is 0.864. The molecule has 0 aliphatic carbocycles. The number of methoxy groups -OCH3 is 1. The first-order valence-electron chi connectivity index (χ1n) is 6.55. The van der Waals surface area contributed by atoms with Crippen molar-refractivity contribution in [2.75, 3.05) is 12.4 Å². The van der Waals surface area contributed by atoms with Gasteiger partial charge >= 0.3 is 5.97 Å². The van der Waals surface area contributed by atoms with Crippen molar-refractivity contribution in [2.24, 2.45) is 0 Å². The Hall–Kier alpha value is -1.66. The topological polar surface area (TPSA) is 55.4 Å². The van der Waals surface area contributed by atoms with Gasteiger partial charge in [0.05, 0.1) is 17.7 Å². The van der Waals surface area contributed by atoms with E-state index in [-0.39, 0.29) is 5.91 Å². The highest BCUT2D eigenvalue weighted by Gasteiger charge is 2.20. The number of anilines is 1. The molecule has 0 unspecified atom stereocenters. The molecule has 6 heteroatoms. The molecule has 0 aliphatic heterocycles. The molecule has 0 saturated heterocycles. The van der Waals surface area contributed by atoms with E-state index in [2.05, 4.69) is 12.2 Å². The second-order valence-corrected chi connectivity index (χ2v) is 6.75. The van der Waals surface area contributed by atoms with Crippen LogP contribution in [0.4, 0.5) is 5.69 Å². The summed E-state index contributed by atoms with van der Waals surface area (Å²) in [5.41, 5.74) is 2.58. The highest BCUT2D eigenvalue weighted by molar-refractivity contribution is 7.14. The Morgan fingerprint density at radius 2 is 2.05 bits per heavy atom. The molecular formula is C15H17NO3S2. The third-order valence-corrected chi connectivity index (χ3v) is 5.38. The summed E-state index contributed by atoms with van der Waals surface area (Å²) < 4.78 is 4.74. The van der Waals surface area contributed by atoms with Gasteiger partial charge in [0.2, 0.25) is 0 Å². The van der Waals surface area contributed by atoms with Gasteiger partial charge in [-0.2, -0.15) is 0 Å². The van der Waals surface area contributed by atoms with Crippen LogP contribution >= 0.6 is 22.7 Å². The average molecular weight is 323 g/mol. The van der Waals surface area contributed by atoms with E-state index in [0.29, 0.717) is 15.4 Å². The number of rotatable bonds is 4. The lowest BCUT2D eigenvalue weighted by Gasteiger charge is -2.06. The van der Waals surface area contributed by atoms with E-state index in [0.717, 1.165) is 16.9 Å². The molecule has 4 nitrogen and oxygen atoms in total. The van der Waals surface area contributed by atoms with E-state index in [1.54, 1.807) is 0 Å². The lowest BCUT2D eigenvalue weighted by Crippen LogP contribution is -2.13. The monoisotopic (exact) mass is 323 g/mol. The van der Waals surface area contributed by atoms with Crippen LogP contribution in [0.15, 0.2) is 11.4 Å². The standard InChI is InChI=1S/C15H17NO3S2/c1-5-10-6-11(21-9(10)3)14(17)16-12-8(2)7-20-13(12)15(18)19-4/h6-7H,5H2,1-4H3,(H,16,17). The first-order valence-corrected chi connectivity index (χ1v) is 8.24. The van der Waals surface area contributed by atoms with E-state index < -0.39 is 5.97 Å². The Kier molecular flexibility index (Phi) is 4.80. The van der Waals surface area contributed by atoms with Gasteiger partial charge in [-0.25, -0.2) is 4.79 Å². The summed E-state index contributed by atoms with van der Waals surface area (Å²) in [5, 5.41) is 4.67. The number of amides is 1. The summed E-state index contributed by atoms with van der Waals surface area (Å²) in [7, 11) is 1.33. The average Bonchev–Trinajstić information content (AvgIpc) is 3.02. The van der Waals surface area contributed by atoms with Crippen molar-refractivity contribution in [1.82, 2.24) is 0 Å². The molecular weight excluding hydrogens is 306 g/mol. The summed E-state index contributed by atoms with van der Waals surface area (Å²) in [6, 6.07) is 1.91. The van der Waals surface area contributed by atoms with Gasteiger partial charge in [0.1, 0.15) is 4.88 Å². The van der Waals surface area contributed by atoms with Crippen LogP contribution in [-0.4, -0.2) is 19.0 Å². The van der Waals surface area contributed by atoms with Gasteiger partial charge in [0.15, 0.2) is 0 Å². The predicted octanol–water partition coefficient (Wildman–Crippen LogP) is 4.03. The Morgan fingerprint density at radius 1 is 1.33 bits per heavy atom. The lowest BCUT2D eigenvalue weighted by atomic mass is 10.2. The first-order chi connectivity index (χ1) is 9.97. The van der Waals surface area contributed by atoms with Crippen molar-refractivity contribution in [3.63, 3.8) is 0 Å². The van der Waals surface area contributed by atoms with Gasteiger partial charge < -0.3 is 10.1 Å². The number of ether oxygens (including phenoxy) is 1. The largest absolute Gasteiger partial charge is 0.465 e. The van der Waals surface area contributed by atoms with Crippen molar-refractivity contribution in [2.45, 2.75) is 27.2 Å². The van der Waals surface area contributed by atoms with Crippen molar-refractivity contribution >= 4 is 40.2 Å². The van der Waals surface area contributed by atoms with Gasteiger partial charge in [0, 0.05) is 4.88 Å². The van der Waals surface area contributed by atoms with E-state index in [9.17, 15) is 9.59 Å². The molecule has 0 bridgehead atoms. The van der Waals surface area contributed by atoms with E-state index in [4.69, 9.17) is 4.74 Å². The molecule has 2 aromatic heterocycles. The molecule has 1 N–H and O–H groups in total. The third kappa shape index (κ3) is 3.16. The van der Waals surface area contributed by atoms with E-state index in [1.807, 2.05) is 25.3 Å². The second kappa shape index (κ2) is 6.41. The van der Waals surface area contributed by atoms with Gasteiger partial charge in [-0.3, -0.25) is 4.79 Å². The van der Waals surface area contributed by atoms with Crippen LogP contribution in [0.1, 0.15) is 42.3 Å². The Morgan fingerprint density at radius 3 is 2.62 bits per heavy atom. The zero-order chi connectivity index (χ0) is 15.6. The zero-order valence-electron chi connectivity index (χ0n) is 12.4. The maximum Gasteiger partial charge on any atom is 0.350 e. The van der Waals surface area contributed by atoms with Crippen LogP contribution in [0.5, 0.6) is 0 Å². The van der Waals surface area contributed by atoms with Crippen molar-refractivity contribution in [3.05, 3.63) is 37.2 Å². The normalized spacial score (nSPS) is 10.5. The molecule has 0 fully saturated rings. The molecule has 0 saturated carbocycles. The van der Waals surface area contributed by atoms with Crippen LogP contribution in [0.25, 0.3) is 0 Å². The molecule has 2 heterocycles. The number of aryl methyl sites for hydroxylation is 3.